The van der Waals surface area contributed by atoms with E-state index in [1.165, 1.54) is 16.3 Å². The first-order valence-corrected chi connectivity index (χ1v) is 9.98. The summed E-state index contributed by atoms with van der Waals surface area (Å²) in [5.41, 5.74) is 7.74. The Hall–Kier alpha value is -2.89. The predicted molar refractivity (Wildman–Crippen MR) is 114 cm³/mol. The van der Waals surface area contributed by atoms with Gasteiger partial charge in [-0.05, 0) is 52.2 Å². The van der Waals surface area contributed by atoms with Crippen molar-refractivity contribution in [2.75, 3.05) is 5.73 Å². The molecule has 0 saturated heterocycles. The smallest absolute Gasteiger partial charge is 0.170 e. The first-order chi connectivity index (χ1) is 13.6. The second kappa shape index (κ2) is 8.00. The van der Waals surface area contributed by atoms with Crippen LogP contribution in [0.2, 0.25) is 5.02 Å². The third kappa shape index (κ3) is 4.32. The standard InChI is InChI=1S/C22H17ClN2O2S/c23-17-12-20(22(24)25-13-17)27-19-3-1-2-14(11-19)9-18(26)10-15-4-5-21-16(8-15)6-7-28-21/h1-8,11-13H,9-10H2,(H2,24,25). The second-order valence-corrected chi connectivity index (χ2v) is 7.86. The topological polar surface area (TPSA) is 65.2 Å². The van der Waals surface area contributed by atoms with Gasteiger partial charge in [-0.15, -0.1) is 11.3 Å². The van der Waals surface area contributed by atoms with Crippen LogP contribution in [0.25, 0.3) is 10.1 Å². The summed E-state index contributed by atoms with van der Waals surface area (Å²) in [4.78, 5) is 16.5. The molecule has 0 aliphatic heterocycles. The molecule has 28 heavy (non-hydrogen) atoms. The lowest BCUT2D eigenvalue weighted by Crippen LogP contribution is -2.06. The molecule has 2 aromatic carbocycles. The van der Waals surface area contributed by atoms with Crippen LogP contribution in [0.15, 0.2) is 66.2 Å². The van der Waals surface area contributed by atoms with Gasteiger partial charge in [0.2, 0.25) is 0 Å². The first-order valence-electron chi connectivity index (χ1n) is 8.72. The van der Waals surface area contributed by atoms with Gasteiger partial charge >= 0.3 is 0 Å². The maximum atomic E-state index is 12.5. The number of hydrogen-bond acceptors (Lipinski definition) is 5. The van der Waals surface area contributed by atoms with Gasteiger partial charge in [0.05, 0.1) is 5.02 Å². The minimum atomic E-state index is 0.149. The van der Waals surface area contributed by atoms with Crippen molar-refractivity contribution in [1.29, 1.82) is 0 Å². The monoisotopic (exact) mass is 408 g/mol. The summed E-state index contributed by atoms with van der Waals surface area (Å²) < 4.78 is 7.02. The number of pyridine rings is 1. The van der Waals surface area contributed by atoms with Gasteiger partial charge in [0.1, 0.15) is 11.5 Å². The molecule has 4 rings (SSSR count). The molecule has 0 amide bonds. The number of rotatable bonds is 6. The number of benzene rings is 2. The van der Waals surface area contributed by atoms with Crippen LogP contribution in [0.1, 0.15) is 11.1 Å². The van der Waals surface area contributed by atoms with E-state index in [0.717, 1.165) is 11.1 Å². The number of thiophene rings is 1. The summed E-state index contributed by atoms with van der Waals surface area (Å²) in [6.07, 6.45) is 2.20. The Morgan fingerprint density at radius 3 is 2.75 bits per heavy atom. The van der Waals surface area contributed by atoms with Gasteiger partial charge in [0.25, 0.3) is 0 Å². The normalized spacial score (nSPS) is 10.9. The van der Waals surface area contributed by atoms with Crippen molar-refractivity contribution in [3.8, 4) is 11.5 Å². The lowest BCUT2D eigenvalue weighted by Gasteiger charge is -2.09. The van der Waals surface area contributed by atoms with E-state index >= 15 is 0 Å². The van der Waals surface area contributed by atoms with Gasteiger partial charge < -0.3 is 10.5 Å². The number of halogens is 1. The molecule has 0 unspecified atom stereocenters. The first kappa shape index (κ1) is 18.5. The highest BCUT2D eigenvalue weighted by molar-refractivity contribution is 7.17. The molecule has 140 valence electrons. The van der Waals surface area contributed by atoms with Gasteiger partial charge in [0.15, 0.2) is 11.6 Å². The summed E-state index contributed by atoms with van der Waals surface area (Å²) in [5.74, 6) is 1.38. The zero-order chi connectivity index (χ0) is 19.5. The Bertz CT molecular complexity index is 1160. The average Bonchev–Trinajstić information content (AvgIpc) is 3.13. The fraction of sp³-hybridized carbons (Fsp3) is 0.0909. The van der Waals surface area contributed by atoms with Crippen LogP contribution in [0.5, 0.6) is 11.5 Å². The van der Waals surface area contributed by atoms with Gasteiger partial charge in [-0.2, -0.15) is 0 Å². The molecule has 2 aromatic heterocycles. The molecule has 4 aromatic rings. The molecule has 2 N–H and O–H groups in total. The van der Waals surface area contributed by atoms with Crippen molar-refractivity contribution >= 4 is 44.6 Å². The van der Waals surface area contributed by atoms with Crippen molar-refractivity contribution < 1.29 is 9.53 Å². The number of Topliss-reactive ketones (excluding diaryl/α,β-unsaturated/α-hetero) is 1. The molecule has 0 spiro atoms. The number of ketones is 1. The van der Waals surface area contributed by atoms with Gasteiger partial charge in [0, 0.05) is 29.8 Å². The number of ether oxygens (including phenoxy) is 1. The molecule has 2 heterocycles. The third-order valence-corrected chi connectivity index (χ3v) is 5.40. The Morgan fingerprint density at radius 2 is 1.89 bits per heavy atom. The van der Waals surface area contributed by atoms with E-state index in [1.54, 1.807) is 23.5 Å². The van der Waals surface area contributed by atoms with E-state index in [4.69, 9.17) is 22.1 Å². The molecule has 0 fully saturated rings. The van der Waals surface area contributed by atoms with E-state index in [9.17, 15) is 4.79 Å². The molecule has 0 bridgehead atoms. The van der Waals surface area contributed by atoms with Crippen LogP contribution in [-0.2, 0) is 17.6 Å². The highest BCUT2D eigenvalue weighted by Gasteiger charge is 2.09. The highest BCUT2D eigenvalue weighted by atomic mass is 35.5. The molecule has 0 radical (unpaired) electrons. The lowest BCUT2D eigenvalue weighted by molar-refractivity contribution is -0.117. The number of anilines is 1. The molecule has 4 nitrogen and oxygen atoms in total. The summed E-state index contributed by atoms with van der Waals surface area (Å²) in [7, 11) is 0. The molecular formula is C22H17ClN2O2S. The van der Waals surface area contributed by atoms with E-state index in [1.807, 2.05) is 24.3 Å². The van der Waals surface area contributed by atoms with Crippen molar-refractivity contribution in [3.05, 3.63) is 82.3 Å². The predicted octanol–water partition coefficient (Wildman–Crippen LogP) is 5.68. The summed E-state index contributed by atoms with van der Waals surface area (Å²) in [6.45, 7) is 0. The Balaban J connectivity index is 1.45. The quantitative estimate of drug-likeness (QED) is 0.445. The zero-order valence-corrected chi connectivity index (χ0v) is 16.5. The maximum absolute atomic E-state index is 12.5. The van der Waals surface area contributed by atoms with Gasteiger partial charge in [-0.3, -0.25) is 4.79 Å². The van der Waals surface area contributed by atoms with E-state index < -0.39 is 0 Å². The minimum Gasteiger partial charge on any atom is -0.453 e. The SMILES string of the molecule is Nc1ncc(Cl)cc1Oc1cccc(CC(=O)Cc2ccc3sccc3c2)c1. The van der Waals surface area contributed by atoms with Crippen LogP contribution in [0.3, 0.4) is 0 Å². The van der Waals surface area contributed by atoms with Gasteiger partial charge in [-0.1, -0.05) is 29.8 Å². The van der Waals surface area contributed by atoms with Crippen LogP contribution in [0, 0.1) is 0 Å². The fourth-order valence-corrected chi connectivity index (χ4v) is 3.92. The van der Waals surface area contributed by atoms with Crippen LogP contribution >= 0.6 is 22.9 Å². The Kier molecular flexibility index (Phi) is 5.28. The number of aromatic nitrogens is 1. The van der Waals surface area contributed by atoms with Crippen LogP contribution < -0.4 is 10.5 Å². The summed E-state index contributed by atoms with van der Waals surface area (Å²) in [5, 5.41) is 3.68. The summed E-state index contributed by atoms with van der Waals surface area (Å²) >= 11 is 7.65. The minimum absolute atomic E-state index is 0.149. The maximum Gasteiger partial charge on any atom is 0.170 e. The van der Waals surface area contributed by atoms with Crippen LogP contribution in [0.4, 0.5) is 5.82 Å². The Morgan fingerprint density at radius 1 is 1.07 bits per heavy atom. The van der Waals surface area contributed by atoms with Crippen molar-refractivity contribution in [3.63, 3.8) is 0 Å². The third-order valence-electron chi connectivity index (χ3n) is 4.29. The van der Waals surface area contributed by atoms with E-state index in [2.05, 4.69) is 28.6 Å². The number of carbonyl (C=O) groups is 1. The van der Waals surface area contributed by atoms with E-state index in [0.29, 0.717) is 29.4 Å². The fourth-order valence-electron chi connectivity index (χ4n) is 3.00. The number of nitrogen functional groups attached to an aromatic ring is 1. The average molecular weight is 409 g/mol. The second-order valence-electron chi connectivity index (χ2n) is 6.47. The zero-order valence-electron chi connectivity index (χ0n) is 14.9. The van der Waals surface area contributed by atoms with Crippen molar-refractivity contribution in [1.82, 2.24) is 4.98 Å². The molecule has 0 saturated carbocycles. The van der Waals surface area contributed by atoms with Crippen molar-refractivity contribution in [2.45, 2.75) is 12.8 Å². The summed E-state index contributed by atoms with van der Waals surface area (Å²) in [6, 6.07) is 17.3. The molecule has 0 aliphatic rings. The molecule has 6 heteroatoms. The number of nitrogens with zero attached hydrogens (tertiary/aromatic N) is 1. The molecular weight excluding hydrogens is 392 g/mol. The van der Waals surface area contributed by atoms with Gasteiger partial charge in [-0.25, -0.2) is 4.98 Å². The number of nitrogens with two attached hydrogens (primary N) is 1. The van der Waals surface area contributed by atoms with E-state index in [-0.39, 0.29) is 11.6 Å². The Labute approximate surface area is 171 Å². The van der Waals surface area contributed by atoms with Crippen molar-refractivity contribution in [2.24, 2.45) is 0 Å². The number of fused-ring (bicyclic) bond motifs is 1. The largest absolute Gasteiger partial charge is 0.453 e. The highest BCUT2D eigenvalue weighted by Crippen LogP contribution is 2.29. The lowest BCUT2D eigenvalue weighted by atomic mass is 10.0. The number of hydrogen-bond donors (Lipinski definition) is 1. The molecule has 0 aliphatic carbocycles. The van der Waals surface area contributed by atoms with Crippen LogP contribution in [-0.4, -0.2) is 10.8 Å². The molecule has 0 atom stereocenters. The number of carbonyl (C=O) groups excluding carboxylic acids is 1.